The summed E-state index contributed by atoms with van der Waals surface area (Å²) in [6.07, 6.45) is 3.21. The molecule has 1 aliphatic heterocycles. The maximum absolute atomic E-state index is 13.1. The fourth-order valence-electron chi connectivity index (χ4n) is 3.86. The fraction of sp³-hybridized carbons (Fsp3) is 0.273. The highest BCUT2D eigenvalue weighted by molar-refractivity contribution is 6.02. The summed E-state index contributed by atoms with van der Waals surface area (Å²) in [5, 5.41) is 13.7. The lowest BCUT2D eigenvalue weighted by Gasteiger charge is -2.37. The zero-order chi connectivity index (χ0) is 18.8. The summed E-state index contributed by atoms with van der Waals surface area (Å²) in [5.74, 6) is 0.0602. The van der Waals surface area contributed by atoms with Gasteiger partial charge < -0.3 is 14.8 Å². The van der Waals surface area contributed by atoms with E-state index in [1.54, 1.807) is 0 Å². The van der Waals surface area contributed by atoms with Gasteiger partial charge in [-0.2, -0.15) is 5.26 Å². The lowest BCUT2D eigenvalue weighted by atomic mass is 10.0. The third-order valence-corrected chi connectivity index (χ3v) is 5.07. The molecule has 1 aliphatic rings. The van der Waals surface area contributed by atoms with E-state index in [1.807, 2.05) is 41.3 Å². The Balaban J connectivity index is 1.84. The summed E-state index contributed by atoms with van der Waals surface area (Å²) < 4.78 is 2.12. The Kier molecular flexibility index (Phi) is 4.55. The first-order valence-corrected chi connectivity index (χ1v) is 9.36. The quantitative estimate of drug-likeness (QED) is 0.729. The predicted molar refractivity (Wildman–Crippen MR) is 106 cm³/mol. The monoisotopic (exact) mass is 358 g/mol. The topological polar surface area (TPSA) is 61.1 Å². The Morgan fingerprint density at radius 2 is 1.89 bits per heavy atom. The standard InChI is InChI=1S/C22H22N4O/c1-2-13-26-21(24-19-10-5-3-9-17(19)22(26)27)18-15-25(14-7-12-23)20-11-6-4-8-16(18)20/h3-6,8-11,15,21,24H,2,7,13-14H2,1H3/t21-/m0/s1. The van der Waals surface area contributed by atoms with Crippen LogP contribution in [0.2, 0.25) is 0 Å². The first-order valence-electron chi connectivity index (χ1n) is 9.36. The van der Waals surface area contributed by atoms with Crippen LogP contribution in [0.5, 0.6) is 0 Å². The van der Waals surface area contributed by atoms with Crippen molar-refractivity contribution in [2.24, 2.45) is 0 Å². The minimum absolute atomic E-state index is 0.0602. The summed E-state index contributed by atoms with van der Waals surface area (Å²) in [6.45, 7) is 3.41. The number of nitriles is 1. The molecule has 4 rings (SSSR count). The number of carbonyl (C=O) groups excluding carboxylic acids is 1. The molecule has 0 saturated carbocycles. The lowest BCUT2D eigenvalue weighted by molar-refractivity contribution is 0.0684. The molecule has 1 amide bonds. The molecule has 3 aromatic rings. The number of carbonyl (C=O) groups is 1. The number of hydrogen-bond donors (Lipinski definition) is 1. The van der Waals surface area contributed by atoms with Crippen LogP contribution in [0.25, 0.3) is 10.9 Å². The average Bonchev–Trinajstić information content (AvgIpc) is 3.07. The highest BCUT2D eigenvalue weighted by atomic mass is 16.2. The van der Waals surface area contributed by atoms with Gasteiger partial charge in [0.05, 0.1) is 18.1 Å². The molecule has 0 spiro atoms. The highest BCUT2D eigenvalue weighted by Crippen LogP contribution is 2.36. The number of nitrogens with one attached hydrogen (secondary N) is 1. The highest BCUT2D eigenvalue weighted by Gasteiger charge is 2.33. The molecule has 0 unspecified atom stereocenters. The molecule has 2 aromatic carbocycles. The van der Waals surface area contributed by atoms with Crippen molar-refractivity contribution < 1.29 is 4.79 Å². The van der Waals surface area contributed by atoms with E-state index in [0.29, 0.717) is 19.5 Å². The first-order chi connectivity index (χ1) is 13.2. The van der Waals surface area contributed by atoms with Crippen molar-refractivity contribution in [3.63, 3.8) is 0 Å². The van der Waals surface area contributed by atoms with Gasteiger partial charge in [0.25, 0.3) is 5.91 Å². The molecule has 5 nitrogen and oxygen atoms in total. The largest absolute Gasteiger partial charge is 0.361 e. The molecule has 0 bridgehead atoms. The van der Waals surface area contributed by atoms with Crippen LogP contribution in [-0.2, 0) is 6.54 Å². The van der Waals surface area contributed by atoms with Crippen LogP contribution in [-0.4, -0.2) is 21.9 Å². The van der Waals surface area contributed by atoms with E-state index < -0.39 is 0 Å². The van der Waals surface area contributed by atoms with Crippen LogP contribution in [0.3, 0.4) is 0 Å². The number of fused-ring (bicyclic) bond motifs is 2. The second kappa shape index (κ2) is 7.16. The van der Waals surface area contributed by atoms with Crippen molar-refractivity contribution in [1.82, 2.24) is 9.47 Å². The lowest BCUT2D eigenvalue weighted by Crippen LogP contribution is -2.43. The predicted octanol–water partition coefficient (Wildman–Crippen LogP) is 4.53. The minimum Gasteiger partial charge on any atom is -0.361 e. The van der Waals surface area contributed by atoms with E-state index in [4.69, 9.17) is 5.26 Å². The van der Waals surface area contributed by atoms with Crippen LogP contribution in [0.4, 0.5) is 5.69 Å². The van der Waals surface area contributed by atoms with Crippen LogP contribution in [0.1, 0.15) is 41.9 Å². The minimum atomic E-state index is -0.222. The number of anilines is 1. The third kappa shape index (κ3) is 2.93. The molecule has 5 heteroatoms. The molecule has 0 aliphatic carbocycles. The van der Waals surface area contributed by atoms with Gasteiger partial charge in [-0.15, -0.1) is 0 Å². The molecule has 1 N–H and O–H groups in total. The van der Waals surface area contributed by atoms with Gasteiger partial charge in [-0.3, -0.25) is 4.79 Å². The molecule has 2 heterocycles. The van der Waals surface area contributed by atoms with Crippen molar-refractivity contribution in [2.45, 2.75) is 32.5 Å². The third-order valence-electron chi connectivity index (χ3n) is 5.07. The number of hydrogen-bond acceptors (Lipinski definition) is 3. The molecule has 0 radical (unpaired) electrons. The van der Waals surface area contributed by atoms with E-state index in [1.165, 1.54) is 0 Å². The molecule has 1 atom stereocenters. The number of rotatable bonds is 5. The van der Waals surface area contributed by atoms with E-state index in [-0.39, 0.29) is 12.1 Å². The Morgan fingerprint density at radius 1 is 1.11 bits per heavy atom. The normalized spacial score (nSPS) is 16.1. The molecule has 0 fully saturated rings. The van der Waals surface area contributed by atoms with Gasteiger partial charge in [0.2, 0.25) is 0 Å². The average molecular weight is 358 g/mol. The SMILES string of the molecule is CCCN1C(=O)c2ccccc2N[C@@H]1c1cn(CCC#N)c2ccccc12. The Bertz CT molecular complexity index is 1030. The zero-order valence-corrected chi connectivity index (χ0v) is 15.4. The van der Waals surface area contributed by atoms with Crippen molar-refractivity contribution >= 4 is 22.5 Å². The molecular weight excluding hydrogens is 336 g/mol. The maximum atomic E-state index is 13.1. The van der Waals surface area contributed by atoms with Crippen molar-refractivity contribution in [3.8, 4) is 6.07 Å². The van der Waals surface area contributed by atoms with Crippen molar-refractivity contribution in [2.75, 3.05) is 11.9 Å². The molecule has 136 valence electrons. The second-order valence-electron chi connectivity index (χ2n) is 6.79. The second-order valence-corrected chi connectivity index (χ2v) is 6.79. The van der Waals surface area contributed by atoms with Gasteiger partial charge in [0.15, 0.2) is 0 Å². The number of aromatic nitrogens is 1. The van der Waals surface area contributed by atoms with Crippen LogP contribution < -0.4 is 5.32 Å². The number of aryl methyl sites for hydroxylation is 1. The first kappa shape index (κ1) is 17.2. The van der Waals surface area contributed by atoms with Gasteiger partial charge in [-0.1, -0.05) is 37.3 Å². The summed E-state index contributed by atoms with van der Waals surface area (Å²) in [5.41, 5.74) is 3.75. The number of para-hydroxylation sites is 2. The van der Waals surface area contributed by atoms with E-state index in [2.05, 4.69) is 41.2 Å². The van der Waals surface area contributed by atoms with Crippen molar-refractivity contribution in [1.29, 1.82) is 5.26 Å². The molecular formula is C22H22N4O. The van der Waals surface area contributed by atoms with Gasteiger partial charge in [0.1, 0.15) is 6.17 Å². The summed E-state index contributed by atoms with van der Waals surface area (Å²) in [6, 6.07) is 18.1. The molecule has 27 heavy (non-hydrogen) atoms. The van der Waals surface area contributed by atoms with E-state index in [0.717, 1.165) is 34.1 Å². The van der Waals surface area contributed by atoms with Gasteiger partial charge in [0, 0.05) is 41.4 Å². The molecule has 1 aromatic heterocycles. The van der Waals surface area contributed by atoms with E-state index in [9.17, 15) is 4.79 Å². The Labute approximate surface area is 158 Å². The Hall–Kier alpha value is -3.26. The summed E-state index contributed by atoms with van der Waals surface area (Å²) in [7, 11) is 0. The van der Waals surface area contributed by atoms with Crippen LogP contribution in [0, 0.1) is 11.3 Å². The van der Waals surface area contributed by atoms with Crippen molar-refractivity contribution in [3.05, 3.63) is 65.9 Å². The van der Waals surface area contributed by atoms with Gasteiger partial charge >= 0.3 is 0 Å². The summed E-state index contributed by atoms with van der Waals surface area (Å²) >= 11 is 0. The van der Waals surface area contributed by atoms with Crippen LogP contribution >= 0.6 is 0 Å². The zero-order valence-electron chi connectivity index (χ0n) is 15.4. The van der Waals surface area contributed by atoms with E-state index >= 15 is 0 Å². The number of amides is 1. The van der Waals surface area contributed by atoms with Crippen LogP contribution in [0.15, 0.2) is 54.7 Å². The number of nitrogens with zero attached hydrogens (tertiary/aromatic N) is 3. The summed E-state index contributed by atoms with van der Waals surface area (Å²) in [4.78, 5) is 15.1. The maximum Gasteiger partial charge on any atom is 0.257 e. The fourth-order valence-corrected chi connectivity index (χ4v) is 3.86. The van der Waals surface area contributed by atoms with Gasteiger partial charge in [-0.25, -0.2) is 0 Å². The smallest absolute Gasteiger partial charge is 0.257 e. The molecule has 0 saturated heterocycles. The Morgan fingerprint density at radius 3 is 2.70 bits per heavy atom. The van der Waals surface area contributed by atoms with Gasteiger partial charge in [-0.05, 0) is 24.6 Å². The number of benzene rings is 2.